The van der Waals surface area contributed by atoms with E-state index in [1.54, 1.807) is 0 Å². The molecule has 1 amide bonds. The summed E-state index contributed by atoms with van der Waals surface area (Å²) in [5.41, 5.74) is -1.20. The molecule has 7 heteroatoms. The number of hydrogen-bond acceptors (Lipinski definition) is 1. The van der Waals surface area contributed by atoms with E-state index in [1.165, 1.54) is 19.1 Å². The molecule has 0 radical (unpaired) electrons. The van der Waals surface area contributed by atoms with E-state index in [-0.39, 0.29) is 11.3 Å². The Morgan fingerprint density at radius 1 is 1.05 bits per heavy atom. The van der Waals surface area contributed by atoms with Gasteiger partial charge < -0.3 is 5.32 Å². The maximum Gasteiger partial charge on any atom is 0.419 e. The Morgan fingerprint density at radius 2 is 1.73 bits per heavy atom. The molecule has 2 rings (SSSR count). The molecular weight excluding hydrogens is 305 g/mol. The minimum Gasteiger partial charge on any atom is -0.322 e. The number of aryl methyl sites for hydroxylation is 1. The molecule has 1 N–H and O–H groups in total. The first kappa shape index (κ1) is 15.9. The van der Waals surface area contributed by atoms with Crippen molar-refractivity contribution in [1.29, 1.82) is 0 Å². The van der Waals surface area contributed by atoms with E-state index in [4.69, 9.17) is 0 Å². The summed E-state index contributed by atoms with van der Waals surface area (Å²) in [5, 5.41) is 2.36. The van der Waals surface area contributed by atoms with Gasteiger partial charge in [0.25, 0.3) is 5.91 Å². The highest BCUT2D eigenvalue weighted by atomic mass is 19.4. The van der Waals surface area contributed by atoms with E-state index in [9.17, 15) is 26.7 Å². The highest BCUT2D eigenvalue weighted by Gasteiger charge is 2.34. The zero-order valence-electron chi connectivity index (χ0n) is 11.3. The summed E-state index contributed by atoms with van der Waals surface area (Å²) in [5.74, 6) is -2.81. The number of nitrogens with one attached hydrogen (secondary N) is 1. The Morgan fingerprint density at radius 3 is 2.32 bits per heavy atom. The highest BCUT2D eigenvalue weighted by Crippen LogP contribution is 2.32. The van der Waals surface area contributed by atoms with Crippen molar-refractivity contribution in [3.05, 3.63) is 64.7 Å². The van der Waals surface area contributed by atoms with Gasteiger partial charge in [-0.15, -0.1) is 0 Å². The largest absolute Gasteiger partial charge is 0.419 e. The second-order valence-corrected chi connectivity index (χ2v) is 4.61. The van der Waals surface area contributed by atoms with Crippen molar-refractivity contribution in [2.24, 2.45) is 0 Å². The smallest absolute Gasteiger partial charge is 0.322 e. The molecule has 0 aliphatic rings. The fourth-order valence-electron chi connectivity index (χ4n) is 1.85. The Kier molecular flexibility index (Phi) is 4.16. The van der Waals surface area contributed by atoms with Gasteiger partial charge in [0.15, 0.2) is 0 Å². The zero-order chi connectivity index (χ0) is 16.5. The summed E-state index contributed by atoms with van der Waals surface area (Å²) in [7, 11) is 0. The predicted molar refractivity (Wildman–Crippen MR) is 70.5 cm³/mol. The SMILES string of the molecule is Cc1cc(F)ccc1NC(=O)c1ccc(F)c(C(F)(F)F)c1. The molecule has 0 aliphatic carbocycles. The van der Waals surface area contributed by atoms with Crippen molar-refractivity contribution in [3.8, 4) is 0 Å². The third kappa shape index (κ3) is 3.41. The van der Waals surface area contributed by atoms with Crippen molar-refractivity contribution in [1.82, 2.24) is 0 Å². The third-order valence-electron chi connectivity index (χ3n) is 2.97. The van der Waals surface area contributed by atoms with Crippen molar-refractivity contribution >= 4 is 11.6 Å². The topological polar surface area (TPSA) is 29.1 Å². The van der Waals surface area contributed by atoms with Gasteiger partial charge >= 0.3 is 6.18 Å². The number of anilines is 1. The number of carbonyl (C=O) groups excluding carboxylic acids is 1. The van der Waals surface area contributed by atoms with Gasteiger partial charge in [-0.1, -0.05) is 0 Å². The first-order chi connectivity index (χ1) is 10.2. The Bertz CT molecular complexity index is 724. The zero-order valence-corrected chi connectivity index (χ0v) is 11.3. The van der Waals surface area contributed by atoms with Crippen LogP contribution in [-0.2, 0) is 6.18 Å². The lowest BCUT2D eigenvalue weighted by Gasteiger charge is -2.11. The minimum absolute atomic E-state index is 0.254. The van der Waals surface area contributed by atoms with Crippen LogP contribution >= 0.6 is 0 Å². The van der Waals surface area contributed by atoms with Crippen molar-refractivity contribution in [2.75, 3.05) is 5.32 Å². The van der Waals surface area contributed by atoms with Gasteiger partial charge in [0.1, 0.15) is 11.6 Å². The summed E-state index contributed by atoms with van der Waals surface area (Å²) in [4.78, 5) is 11.9. The van der Waals surface area contributed by atoms with Gasteiger partial charge in [-0.3, -0.25) is 4.79 Å². The molecule has 0 spiro atoms. The molecule has 0 saturated heterocycles. The normalized spacial score (nSPS) is 11.4. The number of alkyl halides is 3. The predicted octanol–water partition coefficient (Wildman–Crippen LogP) is 4.54. The quantitative estimate of drug-likeness (QED) is 0.810. The molecule has 0 atom stereocenters. The van der Waals surface area contributed by atoms with Crippen LogP contribution in [-0.4, -0.2) is 5.91 Å². The molecule has 2 aromatic rings. The van der Waals surface area contributed by atoms with E-state index in [0.29, 0.717) is 17.7 Å². The van der Waals surface area contributed by atoms with Gasteiger partial charge in [-0.25, -0.2) is 8.78 Å². The highest BCUT2D eigenvalue weighted by molar-refractivity contribution is 6.04. The van der Waals surface area contributed by atoms with Crippen molar-refractivity contribution in [2.45, 2.75) is 13.1 Å². The summed E-state index contributed by atoms with van der Waals surface area (Å²) < 4.78 is 64.0. The molecule has 2 aromatic carbocycles. The summed E-state index contributed by atoms with van der Waals surface area (Å²) >= 11 is 0. The molecule has 0 bridgehead atoms. The summed E-state index contributed by atoms with van der Waals surface area (Å²) in [6.07, 6.45) is -4.90. The number of hydrogen-bond donors (Lipinski definition) is 1. The monoisotopic (exact) mass is 315 g/mol. The Balaban J connectivity index is 2.30. The van der Waals surface area contributed by atoms with Gasteiger partial charge in [0, 0.05) is 11.3 Å². The maximum atomic E-state index is 13.2. The van der Waals surface area contributed by atoms with Crippen molar-refractivity contribution in [3.63, 3.8) is 0 Å². The van der Waals surface area contributed by atoms with Gasteiger partial charge in [-0.2, -0.15) is 13.2 Å². The van der Waals surface area contributed by atoms with Crippen LogP contribution < -0.4 is 5.32 Å². The lowest BCUT2D eigenvalue weighted by Crippen LogP contribution is -2.15. The van der Waals surface area contributed by atoms with Crippen LogP contribution in [0.5, 0.6) is 0 Å². The molecule has 0 unspecified atom stereocenters. The van der Waals surface area contributed by atoms with E-state index in [2.05, 4.69) is 5.32 Å². The number of carbonyl (C=O) groups is 1. The average Bonchev–Trinajstić information content (AvgIpc) is 2.41. The van der Waals surface area contributed by atoms with E-state index < -0.39 is 29.3 Å². The molecule has 2 nitrogen and oxygen atoms in total. The number of benzene rings is 2. The van der Waals surface area contributed by atoms with Gasteiger partial charge in [-0.05, 0) is 48.9 Å². The van der Waals surface area contributed by atoms with E-state index >= 15 is 0 Å². The van der Waals surface area contributed by atoms with Crippen LogP contribution in [0.2, 0.25) is 0 Å². The molecule has 0 heterocycles. The molecule has 0 aliphatic heterocycles. The molecule has 0 fully saturated rings. The first-order valence-corrected chi connectivity index (χ1v) is 6.13. The van der Waals surface area contributed by atoms with Gasteiger partial charge in [0.05, 0.1) is 5.56 Å². The molecule has 0 saturated carbocycles. The summed E-state index contributed by atoms with van der Waals surface area (Å²) in [6, 6.07) is 5.52. The van der Waals surface area contributed by atoms with Crippen LogP contribution in [0.3, 0.4) is 0 Å². The molecule has 0 aromatic heterocycles. The number of halogens is 5. The Hall–Kier alpha value is -2.44. The van der Waals surface area contributed by atoms with Crippen LogP contribution in [0, 0.1) is 18.6 Å². The fraction of sp³-hybridized carbons (Fsp3) is 0.133. The fourth-order valence-corrected chi connectivity index (χ4v) is 1.85. The first-order valence-electron chi connectivity index (χ1n) is 6.13. The second-order valence-electron chi connectivity index (χ2n) is 4.61. The standard InChI is InChI=1S/C15H10F5NO/c1-8-6-10(16)3-5-13(8)21-14(22)9-2-4-12(17)11(7-9)15(18,19)20/h2-7H,1H3,(H,21,22). The average molecular weight is 315 g/mol. The van der Waals surface area contributed by atoms with E-state index in [0.717, 1.165) is 12.1 Å². The van der Waals surface area contributed by atoms with Crippen LogP contribution in [0.4, 0.5) is 27.6 Å². The Labute approximate surface area is 122 Å². The number of rotatable bonds is 2. The molecular formula is C15H10F5NO. The maximum absolute atomic E-state index is 13.2. The number of amides is 1. The summed E-state index contributed by atoms with van der Waals surface area (Å²) in [6.45, 7) is 1.53. The van der Waals surface area contributed by atoms with Crippen LogP contribution in [0.15, 0.2) is 36.4 Å². The molecule has 22 heavy (non-hydrogen) atoms. The lowest BCUT2D eigenvalue weighted by molar-refractivity contribution is -0.140. The van der Waals surface area contributed by atoms with E-state index in [1.807, 2.05) is 0 Å². The van der Waals surface area contributed by atoms with Crippen molar-refractivity contribution < 1.29 is 26.7 Å². The third-order valence-corrected chi connectivity index (χ3v) is 2.97. The van der Waals surface area contributed by atoms with Crippen LogP contribution in [0.1, 0.15) is 21.5 Å². The van der Waals surface area contributed by atoms with Crippen LogP contribution in [0.25, 0.3) is 0 Å². The van der Waals surface area contributed by atoms with Gasteiger partial charge in [0.2, 0.25) is 0 Å². The minimum atomic E-state index is -4.90. The lowest BCUT2D eigenvalue weighted by atomic mass is 10.1. The second kappa shape index (κ2) is 5.75. The molecule has 116 valence electrons.